The van der Waals surface area contributed by atoms with E-state index < -0.39 is 10.0 Å². The number of aromatic nitrogens is 5. The Bertz CT molecular complexity index is 1140. The number of nitrogens with zero attached hydrogens (tertiary/aromatic N) is 7. The summed E-state index contributed by atoms with van der Waals surface area (Å²) in [6.07, 6.45) is 1.70. The summed E-state index contributed by atoms with van der Waals surface area (Å²) < 4.78 is 29.7. The zero-order valence-corrected chi connectivity index (χ0v) is 18.7. The largest absolute Gasteiger partial charge is 0.352 e. The van der Waals surface area contributed by atoms with Crippen LogP contribution in [0.3, 0.4) is 0 Å². The van der Waals surface area contributed by atoms with E-state index in [2.05, 4.69) is 25.6 Å². The number of sulfonamides is 1. The molecule has 4 rings (SSSR count). The molecule has 31 heavy (non-hydrogen) atoms. The van der Waals surface area contributed by atoms with Crippen molar-refractivity contribution in [3.63, 3.8) is 0 Å². The molecule has 1 N–H and O–H groups in total. The smallest absolute Gasteiger partial charge is 0.246 e. The normalized spacial score (nSPS) is 15.3. The van der Waals surface area contributed by atoms with Gasteiger partial charge in [0.2, 0.25) is 10.0 Å². The zero-order valence-electron chi connectivity index (χ0n) is 17.9. The Kier molecular flexibility index (Phi) is 5.88. The minimum Gasteiger partial charge on any atom is -0.352 e. The molecule has 1 aliphatic rings. The Hall–Kier alpha value is -3.05. The molecule has 0 atom stereocenters. The van der Waals surface area contributed by atoms with E-state index in [0.29, 0.717) is 60.6 Å². The SMILES string of the molecule is CCn1nc(C)c(S(=O)(=O)N2CCN(c3ccc(Nc4ccccn4)nn3)CC2)c1C. The van der Waals surface area contributed by atoms with Crippen molar-refractivity contribution in [3.8, 4) is 0 Å². The molecular formula is C20H26N8O2S. The summed E-state index contributed by atoms with van der Waals surface area (Å²) in [6, 6.07) is 9.30. The maximum atomic E-state index is 13.2. The van der Waals surface area contributed by atoms with Gasteiger partial charge in [0, 0.05) is 38.9 Å². The molecule has 11 heteroatoms. The van der Waals surface area contributed by atoms with Gasteiger partial charge in [-0.05, 0) is 45.0 Å². The van der Waals surface area contributed by atoms with E-state index in [1.165, 1.54) is 4.31 Å². The molecular weight excluding hydrogens is 416 g/mol. The molecule has 0 amide bonds. The zero-order chi connectivity index (χ0) is 22.0. The fourth-order valence-corrected chi connectivity index (χ4v) is 5.57. The molecule has 0 spiro atoms. The van der Waals surface area contributed by atoms with Crippen LogP contribution < -0.4 is 10.2 Å². The Morgan fingerprint density at radius 2 is 1.77 bits per heavy atom. The van der Waals surface area contributed by atoms with Crippen molar-refractivity contribution >= 4 is 27.5 Å². The van der Waals surface area contributed by atoms with E-state index in [0.717, 1.165) is 5.82 Å². The first-order valence-electron chi connectivity index (χ1n) is 10.2. The first kappa shape index (κ1) is 21.2. The predicted molar refractivity (Wildman–Crippen MR) is 118 cm³/mol. The fraction of sp³-hybridized carbons (Fsp3) is 0.400. The van der Waals surface area contributed by atoms with Crippen molar-refractivity contribution in [3.05, 3.63) is 47.9 Å². The fourth-order valence-electron chi connectivity index (χ4n) is 3.78. The topological polar surface area (TPSA) is 109 Å². The van der Waals surface area contributed by atoms with Crippen molar-refractivity contribution < 1.29 is 8.42 Å². The quantitative estimate of drug-likeness (QED) is 0.617. The van der Waals surface area contributed by atoms with Crippen LogP contribution in [0.25, 0.3) is 0 Å². The second-order valence-corrected chi connectivity index (χ2v) is 9.20. The van der Waals surface area contributed by atoms with Crippen molar-refractivity contribution in [1.29, 1.82) is 0 Å². The monoisotopic (exact) mass is 442 g/mol. The molecule has 0 aliphatic carbocycles. The Morgan fingerprint density at radius 1 is 1.00 bits per heavy atom. The van der Waals surface area contributed by atoms with Gasteiger partial charge in [-0.1, -0.05) is 6.07 Å². The summed E-state index contributed by atoms with van der Waals surface area (Å²) in [7, 11) is -3.59. The third-order valence-corrected chi connectivity index (χ3v) is 7.50. The molecule has 1 saturated heterocycles. The van der Waals surface area contributed by atoms with E-state index in [1.54, 1.807) is 17.8 Å². The van der Waals surface area contributed by atoms with E-state index in [1.807, 2.05) is 49.1 Å². The van der Waals surface area contributed by atoms with Crippen LogP contribution in [0.1, 0.15) is 18.3 Å². The molecule has 164 valence electrons. The van der Waals surface area contributed by atoms with Crippen LogP contribution in [0.4, 0.5) is 17.5 Å². The van der Waals surface area contributed by atoms with Gasteiger partial charge in [-0.2, -0.15) is 9.40 Å². The Balaban J connectivity index is 1.42. The van der Waals surface area contributed by atoms with Gasteiger partial charge < -0.3 is 10.2 Å². The van der Waals surface area contributed by atoms with Crippen molar-refractivity contribution in [1.82, 2.24) is 29.3 Å². The molecule has 4 heterocycles. The third-order valence-electron chi connectivity index (χ3n) is 5.35. The number of pyridine rings is 1. The lowest BCUT2D eigenvalue weighted by molar-refractivity contribution is 0.383. The van der Waals surface area contributed by atoms with Crippen molar-refractivity contribution in [2.75, 3.05) is 36.4 Å². The summed E-state index contributed by atoms with van der Waals surface area (Å²) in [5, 5.41) is 16.0. The van der Waals surface area contributed by atoms with E-state index >= 15 is 0 Å². The minimum atomic E-state index is -3.59. The molecule has 0 radical (unpaired) electrons. The molecule has 0 aromatic carbocycles. The minimum absolute atomic E-state index is 0.326. The van der Waals surface area contributed by atoms with Gasteiger partial charge in [0.15, 0.2) is 11.6 Å². The molecule has 10 nitrogen and oxygen atoms in total. The Labute approximate surface area is 182 Å². The maximum Gasteiger partial charge on any atom is 0.246 e. The van der Waals surface area contributed by atoms with Crippen LogP contribution in [0.5, 0.6) is 0 Å². The lowest BCUT2D eigenvalue weighted by Crippen LogP contribution is -2.49. The van der Waals surface area contributed by atoms with Gasteiger partial charge in [-0.3, -0.25) is 4.68 Å². The number of aryl methyl sites for hydroxylation is 2. The number of rotatable bonds is 6. The van der Waals surface area contributed by atoms with Crippen molar-refractivity contribution in [2.45, 2.75) is 32.2 Å². The van der Waals surface area contributed by atoms with Gasteiger partial charge in [-0.25, -0.2) is 13.4 Å². The van der Waals surface area contributed by atoms with Gasteiger partial charge >= 0.3 is 0 Å². The molecule has 0 unspecified atom stereocenters. The second-order valence-electron chi connectivity index (χ2n) is 7.32. The van der Waals surface area contributed by atoms with E-state index in [4.69, 9.17) is 0 Å². The molecule has 3 aromatic rings. The number of hydrogen-bond donors (Lipinski definition) is 1. The lowest BCUT2D eigenvalue weighted by atomic mass is 10.3. The first-order chi connectivity index (χ1) is 14.9. The number of nitrogens with one attached hydrogen (secondary N) is 1. The average molecular weight is 443 g/mol. The number of anilines is 3. The van der Waals surface area contributed by atoms with Crippen LogP contribution in [-0.2, 0) is 16.6 Å². The molecule has 0 bridgehead atoms. The lowest BCUT2D eigenvalue weighted by Gasteiger charge is -2.34. The van der Waals surface area contributed by atoms with Crippen LogP contribution in [0.2, 0.25) is 0 Å². The van der Waals surface area contributed by atoms with Gasteiger partial charge in [0.05, 0.1) is 11.4 Å². The first-order valence-corrected chi connectivity index (χ1v) is 11.6. The van der Waals surface area contributed by atoms with Crippen LogP contribution in [-0.4, -0.2) is 63.9 Å². The highest BCUT2D eigenvalue weighted by molar-refractivity contribution is 7.89. The highest BCUT2D eigenvalue weighted by Gasteiger charge is 2.33. The predicted octanol–water partition coefficient (Wildman–Crippen LogP) is 1.96. The molecule has 1 aliphatic heterocycles. The van der Waals surface area contributed by atoms with Gasteiger partial charge in [0.1, 0.15) is 10.7 Å². The second kappa shape index (κ2) is 8.60. The third kappa shape index (κ3) is 4.23. The average Bonchev–Trinajstić information content (AvgIpc) is 3.09. The van der Waals surface area contributed by atoms with Crippen LogP contribution in [0.15, 0.2) is 41.4 Å². The van der Waals surface area contributed by atoms with E-state index in [9.17, 15) is 8.42 Å². The van der Waals surface area contributed by atoms with Crippen molar-refractivity contribution in [2.24, 2.45) is 0 Å². The summed E-state index contributed by atoms with van der Waals surface area (Å²) in [4.78, 5) is 6.57. The molecule has 3 aromatic heterocycles. The summed E-state index contributed by atoms with van der Waals surface area (Å²) in [6.45, 7) is 8.00. The highest BCUT2D eigenvalue weighted by atomic mass is 32.2. The van der Waals surface area contributed by atoms with Crippen LogP contribution >= 0.6 is 0 Å². The van der Waals surface area contributed by atoms with Crippen LogP contribution in [0, 0.1) is 13.8 Å². The summed E-state index contributed by atoms with van der Waals surface area (Å²) in [5.41, 5.74) is 1.23. The molecule has 0 saturated carbocycles. The molecule has 1 fully saturated rings. The highest BCUT2D eigenvalue weighted by Crippen LogP contribution is 2.25. The Morgan fingerprint density at radius 3 is 2.35 bits per heavy atom. The van der Waals surface area contributed by atoms with Gasteiger partial charge in [0.25, 0.3) is 0 Å². The summed E-state index contributed by atoms with van der Waals surface area (Å²) in [5.74, 6) is 2.01. The number of piperazine rings is 1. The van der Waals surface area contributed by atoms with Gasteiger partial charge in [-0.15, -0.1) is 10.2 Å². The maximum absolute atomic E-state index is 13.2. The number of hydrogen-bond acceptors (Lipinski definition) is 8. The van der Waals surface area contributed by atoms with E-state index in [-0.39, 0.29) is 0 Å². The standard InChI is InChI=1S/C20H26N8O2S/c1-4-28-16(3)20(15(2)25-28)31(29,30)27-13-11-26(12-14-27)19-9-8-18(23-24-19)22-17-7-5-6-10-21-17/h5-10H,4,11-14H2,1-3H3,(H,21,22,23). The summed E-state index contributed by atoms with van der Waals surface area (Å²) >= 11 is 0.